The minimum atomic E-state index is 0.0745. The van der Waals surface area contributed by atoms with Crippen LogP contribution in [0.3, 0.4) is 0 Å². The van der Waals surface area contributed by atoms with Crippen molar-refractivity contribution in [2.75, 3.05) is 11.9 Å². The summed E-state index contributed by atoms with van der Waals surface area (Å²) < 4.78 is 0. The minimum absolute atomic E-state index is 0.0745. The molecule has 0 bridgehead atoms. The molecule has 0 saturated heterocycles. The van der Waals surface area contributed by atoms with Gasteiger partial charge in [0, 0.05) is 12.7 Å². The van der Waals surface area contributed by atoms with Crippen LogP contribution in [0.5, 0.6) is 0 Å². The molecular formula is C13H16N4. The monoisotopic (exact) mass is 228 g/mol. The first kappa shape index (κ1) is 11.5. The van der Waals surface area contributed by atoms with E-state index in [0.29, 0.717) is 6.54 Å². The van der Waals surface area contributed by atoms with Gasteiger partial charge in [0.05, 0.1) is 6.04 Å². The van der Waals surface area contributed by atoms with Gasteiger partial charge >= 0.3 is 0 Å². The normalized spacial score (nSPS) is 12.1. The van der Waals surface area contributed by atoms with Gasteiger partial charge in [0.25, 0.3) is 0 Å². The summed E-state index contributed by atoms with van der Waals surface area (Å²) in [7, 11) is 0. The van der Waals surface area contributed by atoms with Gasteiger partial charge in [0.2, 0.25) is 0 Å². The summed E-state index contributed by atoms with van der Waals surface area (Å²) in [5, 5.41) is 3.31. The van der Waals surface area contributed by atoms with Crippen LogP contribution < -0.4 is 11.1 Å². The van der Waals surface area contributed by atoms with Crippen molar-refractivity contribution in [3.05, 3.63) is 54.0 Å². The smallest absolute Gasteiger partial charge is 0.130 e. The Hall–Kier alpha value is -1.94. The van der Waals surface area contributed by atoms with Crippen molar-refractivity contribution in [2.24, 2.45) is 5.73 Å². The largest absolute Gasteiger partial charge is 0.362 e. The highest BCUT2D eigenvalue weighted by Crippen LogP contribution is 2.16. The number of rotatable bonds is 4. The van der Waals surface area contributed by atoms with Gasteiger partial charge in [-0.1, -0.05) is 30.3 Å². The van der Waals surface area contributed by atoms with E-state index >= 15 is 0 Å². The topological polar surface area (TPSA) is 63.8 Å². The molecule has 1 heterocycles. The maximum Gasteiger partial charge on any atom is 0.130 e. The average molecular weight is 228 g/mol. The van der Waals surface area contributed by atoms with E-state index in [-0.39, 0.29) is 6.04 Å². The van der Waals surface area contributed by atoms with Crippen molar-refractivity contribution < 1.29 is 0 Å². The third-order valence-electron chi connectivity index (χ3n) is 2.54. The lowest BCUT2D eigenvalue weighted by Crippen LogP contribution is -2.21. The lowest BCUT2D eigenvalue weighted by Gasteiger charge is -2.17. The molecule has 1 aromatic carbocycles. The SMILES string of the molecule is Cc1nccc(NC(CN)c2ccccc2)n1. The van der Waals surface area contributed by atoms with Crippen LogP contribution in [-0.4, -0.2) is 16.5 Å². The number of aromatic nitrogens is 2. The fourth-order valence-corrected chi connectivity index (χ4v) is 1.68. The van der Waals surface area contributed by atoms with Crippen molar-refractivity contribution in [1.82, 2.24) is 9.97 Å². The predicted molar refractivity (Wildman–Crippen MR) is 68.6 cm³/mol. The van der Waals surface area contributed by atoms with Crippen LogP contribution in [0.1, 0.15) is 17.4 Å². The molecule has 3 N–H and O–H groups in total. The number of hydrogen-bond acceptors (Lipinski definition) is 4. The van der Waals surface area contributed by atoms with Crippen LogP contribution >= 0.6 is 0 Å². The predicted octanol–water partition coefficient (Wildman–Crippen LogP) is 1.90. The third-order valence-corrected chi connectivity index (χ3v) is 2.54. The average Bonchev–Trinajstić information content (AvgIpc) is 2.37. The zero-order valence-electron chi connectivity index (χ0n) is 9.80. The molecule has 0 spiro atoms. The molecule has 4 heteroatoms. The number of benzene rings is 1. The molecule has 2 aromatic rings. The molecule has 0 amide bonds. The maximum atomic E-state index is 5.78. The standard InChI is InChI=1S/C13H16N4/c1-10-15-8-7-13(16-10)17-12(9-14)11-5-3-2-4-6-11/h2-8,12H,9,14H2,1H3,(H,15,16,17). The Morgan fingerprint density at radius 1 is 1.24 bits per heavy atom. The molecule has 0 aliphatic rings. The molecule has 1 aromatic heterocycles. The number of nitrogens with one attached hydrogen (secondary N) is 1. The first-order valence-electron chi connectivity index (χ1n) is 5.61. The molecule has 88 valence electrons. The van der Waals surface area contributed by atoms with Gasteiger partial charge in [0.1, 0.15) is 11.6 Å². The molecule has 1 unspecified atom stereocenters. The van der Waals surface area contributed by atoms with Crippen LogP contribution in [0.2, 0.25) is 0 Å². The summed E-state index contributed by atoms with van der Waals surface area (Å²) in [6.07, 6.45) is 1.74. The molecular weight excluding hydrogens is 212 g/mol. The second-order valence-corrected chi connectivity index (χ2v) is 3.83. The number of aryl methyl sites for hydroxylation is 1. The molecule has 0 radical (unpaired) electrons. The maximum absolute atomic E-state index is 5.78. The molecule has 2 rings (SSSR count). The molecule has 17 heavy (non-hydrogen) atoms. The summed E-state index contributed by atoms with van der Waals surface area (Å²) >= 11 is 0. The highest BCUT2D eigenvalue weighted by molar-refractivity contribution is 5.37. The van der Waals surface area contributed by atoms with Gasteiger partial charge in [-0.2, -0.15) is 0 Å². The van der Waals surface area contributed by atoms with E-state index in [1.54, 1.807) is 6.20 Å². The molecule has 4 nitrogen and oxygen atoms in total. The molecule has 0 fully saturated rings. The Labute approximate surface area is 101 Å². The van der Waals surface area contributed by atoms with Crippen LogP contribution in [0, 0.1) is 6.92 Å². The Balaban J connectivity index is 2.16. The first-order chi connectivity index (χ1) is 8.29. The fraction of sp³-hybridized carbons (Fsp3) is 0.231. The van der Waals surface area contributed by atoms with Gasteiger partial charge in [-0.25, -0.2) is 9.97 Å². The fourth-order valence-electron chi connectivity index (χ4n) is 1.68. The van der Waals surface area contributed by atoms with E-state index < -0.39 is 0 Å². The molecule has 0 aliphatic carbocycles. The lowest BCUT2D eigenvalue weighted by molar-refractivity contribution is 0.781. The Kier molecular flexibility index (Phi) is 3.67. The van der Waals surface area contributed by atoms with E-state index in [1.807, 2.05) is 31.2 Å². The lowest BCUT2D eigenvalue weighted by atomic mass is 10.1. The van der Waals surface area contributed by atoms with Crippen molar-refractivity contribution in [1.29, 1.82) is 0 Å². The van der Waals surface area contributed by atoms with E-state index in [2.05, 4.69) is 27.4 Å². The summed E-state index contributed by atoms with van der Waals surface area (Å²) in [5.74, 6) is 1.55. The Morgan fingerprint density at radius 3 is 2.65 bits per heavy atom. The van der Waals surface area contributed by atoms with Crippen LogP contribution in [0.15, 0.2) is 42.6 Å². The molecule has 0 saturated carbocycles. The quantitative estimate of drug-likeness (QED) is 0.839. The van der Waals surface area contributed by atoms with Crippen molar-refractivity contribution >= 4 is 5.82 Å². The zero-order valence-corrected chi connectivity index (χ0v) is 9.80. The highest BCUT2D eigenvalue weighted by atomic mass is 15.1. The van der Waals surface area contributed by atoms with Gasteiger partial charge in [-0.15, -0.1) is 0 Å². The Morgan fingerprint density at radius 2 is 2.00 bits per heavy atom. The van der Waals surface area contributed by atoms with E-state index in [1.165, 1.54) is 0 Å². The number of nitrogens with two attached hydrogens (primary N) is 1. The van der Waals surface area contributed by atoms with Crippen LogP contribution in [0.4, 0.5) is 5.82 Å². The first-order valence-corrected chi connectivity index (χ1v) is 5.61. The minimum Gasteiger partial charge on any atom is -0.362 e. The Bertz CT molecular complexity index is 470. The molecule has 1 atom stereocenters. The van der Waals surface area contributed by atoms with Crippen LogP contribution in [0.25, 0.3) is 0 Å². The van der Waals surface area contributed by atoms with E-state index in [0.717, 1.165) is 17.2 Å². The highest BCUT2D eigenvalue weighted by Gasteiger charge is 2.09. The molecule has 0 aliphatic heterocycles. The van der Waals surface area contributed by atoms with Crippen molar-refractivity contribution in [2.45, 2.75) is 13.0 Å². The van der Waals surface area contributed by atoms with Crippen molar-refractivity contribution in [3.8, 4) is 0 Å². The summed E-state index contributed by atoms with van der Waals surface area (Å²) in [6.45, 7) is 2.39. The van der Waals surface area contributed by atoms with Gasteiger partial charge in [-0.3, -0.25) is 0 Å². The second-order valence-electron chi connectivity index (χ2n) is 3.83. The number of hydrogen-bond donors (Lipinski definition) is 2. The van der Waals surface area contributed by atoms with Gasteiger partial charge in [0.15, 0.2) is 0 Å². The van der Waals surface area contributed by atoms with Crippen LogP contribution in [-0.2, 0) is 0 Å². The van der Waals surface area contributed by atoms with Gasteiger partial charge < -0.3 is 11.1 Å². The number of anilines is 1. The van der Waals surface area contributed by atoms with E-state index in [9.17, 15) is 0 Å². The number of nitrogens with zero attached hydrogens (tertiary/aromatic N) is 2. The van der Waals surface area contributed by atoms with Gasteiger partial charge in [-0.05, 0) is 18.6 Å². The zero-order chi connectivity index (χ0) is 12.1. The second kappa shape index (κ2) is 5.41. The van der Waals surface area contributed by atoms with Crippen molar-refractivity contribution in [3.63, 3.8) is 0 Å². The van der Waals surface area contributed by atoms with E-state index in [4.69, 9.17) is 5.73 Å². The summed E-state index contributed by atoms with van der Waals surface area (Å²) in [6, 6.07) is 12.0. The summed E-state index contributed by atoms with van der Waals surface area (Å²) in [5.41, 5.74) is 6.94. The summed E-state index contributed by atoms with van der Waals surface area (Å²) in [4.78, 5) is 8.37. The third kappa shape index (κ3) is 3.01.